The molecule has 2 amide bonds. The van der Waals surface area contributed by atoms with Crippen molar-refractivity contribution in [2.45, 2.75) is 30.6 Å². The Hall–Kier alpha value is -2.02. The lowest BCUT2D eigenvalue weighted by atomic mass is 10.0. The number of hydrogen-bond donors (Lipinski definition) is 3. The monoisotopic (exact) mass is 336 g/mol. The van der Waals surface area contributed by atoms with Crippen LogP contribution in [-0.2, 0) is 14.4 Å². The summed E-state index contributed by atoms with van der Waals surface area (Å²) in [6.07, 6.45) is 1.80. The smallest absolute Gasteiger partial charge is 0.306 e. The number of primary amides is 1. The van der Waals surface area contributed by atoms with Crippen LogP contribution in [0.15, 0.2) is 29.2 Å². The van der Waals surface area contributed by atoms with Crippen molar-refractivity contribution in [3.8, 4) is 0 Å². The zero-order valence-corrected chi connectivity index (χ0v) is 13.5. The molecule has 0 saturated heterocycles. The van der Waals surface area contributed by atoms with Crippen molar-refractivity contribution in [1.29, 1.82) is 0 Å². The van der Waals surface area contributed by atoms with Crippen LogP contribution in [0.25, 0.3) is 0 Å². The number of aliphatic carboxylic acids is 1. The Morgan fingerprint density at radius 1 is 1.22 bits per heavy atom. The Morgan fingerprint density at radius 2 is 1.91 bits per heavy atom. The first-order valence-electron chi connectivity index (χ1n) is 7.51. The number of carbonyl (C=O) groups excluding carboxylic acids is 2. The SMILES string of the molecule is NC(=O)CCSc1ccccc1NC(=O)[C@@H]1CC[C@H](C(=O)O)C1. The lowest BCUT2D eigenvalue weighted by molar-refractivity contribution is -0.141. The molecule has 0 spiro atoms. The summed E-state index contributed by atoms with van der Waals surface area (Å²) >= 11 is 1.46. The van der Waals surface area contributed by atoms with E-state index in [0.717, 1.165) is 4.90 Å². The zero-order valence-electron chi connectivity index (χ0n) is 12.7. The summed E-state index contributed by atoms with van der Waals surface area (Å²) in [6.45, 7) is 0. The van der Waals surface area contributed by atoms with Gasteiger partial charge in [0, 0.05) is 23.0 Å². The minimum Gasteiger partial charge on any atom is -0.481 e. The summed E-state index contributed by atoms with van der Waals surface area (Å²) < 4.78 is 0. The van der Waals surface area contributed by atoms with E-state index in [1.165, 1.54) is 11.8 Å². The standard InChI is InChI=1S/C16H20N2O4S/c17-14(19)7-8-23-13-4-2-1-3-12(13)18-15(20)10-5-6-11(9-10)16(21)22/h1-4,10-11H,5-9H2,(H2,17,19)(H,18,20)(H,21,22)/t10-,11+/m1/s1. The van der Waals surface area contributed by atoms with E-state index in [-0.39, 0.29) is 24.2 Å². The molecule has 1 fully saturated rings. The number of nitrogens with two attached hydrogens (primary N) is 1. The third-order valence-corrected chi connectivity index (χ3v) is 4.98. The summed E-state index contributed by atoms with van der Waals surface area (Å²) in [5.74, 6) is -1.47. The maximum Gasteiger partial charge on any atom is 0.306 e. The maximum absolute atomic E-state index is 12.3. The van der Waals surface area contributed by atoms with Crippen molar-refractivity contribution < 1.29 is 19.5 Å². The first-order chi connectivity index (χ1) is 11.0. The minimum atomic E-state index is -0.831. The van der Waals surface area contributed by atoms with Crippen molar-refractivity contribution in [3.05, 3.63) is 24.3 Å². The van der Waals surface area contributed by atoms with E-state index >= 15 is 0 Å². The Kier molecular flexibility index (Phi) is 6.04. The highest BCUT2D eigenvalue weighted by molar-refractivity contribution is 7.99. The Morgan fingerprint density at radius 3 is 2.57 bits per heavy atom. The number of carboxylic acids is 1. The molecule has 1 aromatic rings. The average Bonchev–Trinajstić information content (AvgIpc) is 2.99. The summed E-state index contributed by atoms with van der Waals surface area (Å²) in [6, 6.07) is 7.35. The van der Waals surface area contributed by atoms with Gasteiger partial charge in [-0.05, 0) is 31.4 Å². The van der Waals surface area contributed by atoms with Gasteiger partial charge in [-0.15, -0.1) is 11.8 Å². The molecule has 0 radical (unpaired) electrons. The highest BCUT2D eigenvalue weighted by atomic mass is 32.2. The lowest BCUT2D eigenvalue weighted by Crippen LogP contribution is -2.22. The van der Waals surface area contributed by atoms with Crippen LogP contribution in [0.3, 0.4) is 0 Å². The Labute approximate surface area is 138 Å². The van der Waals surface area contributed by atoms with E-state index in [1.54, 1.807) is 6.07 Å². The van der Waals surface area contributed by atoms with Crippen molar-refractivity contribution >= 4 is 35.2 Å². The first kappa shape index (κ1) is 17.3. The lowest BCUT2D eigenvalue weighted by Gasteiger charge is -2.14. The topological polar surface area (TPSA) is 109 Å². The van der Waals surface area contributed by atoms with Crippen LogP contribution < -0.4 is 11.1 Å². The van der Waals surface area contributed by atoms with Gasteiger partial charge in [0.15, 0.2) is 0 Å². The highest BCUT2D eigenvalue weighted by Gasteiger charge is 2.33. The molecule has 0 unspecified atom stereocenters. The highest BCUT2D eigenvalue weighted by Crippen LogP contribution is 2.33. The van der Waals surface area contributed by atoms with Crippen LogP contribution in [-0.4, -0.2) is 28.6 Å². The van der Waals surface area contributed by atoms with E-state index in [0.29, 0.717) is 30.7 Å². The van der Waals surface area contributed by atoms with E-state index in [9.17, 15) is 14.4 Å². The Bertz CT molecular complexity index is 605. The number of amides is 2. The van der Waals surface area contributed by atoms with Crippen LogP contribution in [0.2, 0.25) is 0 Å². The fraction of sp³-hybridized carbons (Fsp3) is 0.438. The van der Waals surface area contributed by atoms with Crippen molar-refractivity contribution in [3.63, 3.8) is 0 Å². The normalized spacial score (nSPS) is 20.2. The maximum atomic E-state index is 12.3. The summed E-state index contributed by atoms with van der Waals surface area (Å²) in [7, 11) is 0. The summed E-state index contributed by atoms with van der Waals surface area (Å²) in [5.41, 5.74) is 5.81. The summed E-state index contributed by atoms with van der Waals surface area (Å²) in [4.78, 5) is 35.0. The first-order valence-corrected chi connectivity index (χ1v) is 8.49. The number of anilines is 1. The number of thioether (sulfide) groups is 1. The molecule has 1 saturated carbocycles. The van der Waals surface area contributed by atoms with Crippen molar-refractivity contribution in [1.82, 2.24) is 0 Å². The molecule has 0 aromatic heterocycles. The molecule has 1 aliphatic carbocycles. The van der Waals surface area contributed by atoms with Gasteiger partial charge in [0.25, 0.3) is 0 Å². The van der Waals surface area contributed by atoms with Gasteiger partial charge >= 0.3 is 5.97 Å². The number of nitrogens with one attached hydrogen (secondary N) is 1. The van der Waals surface area contributed by atoms with Crippen molar-refractivity contribution in [2.75, 3.05) is 11.1 Å². The van der Waals surface area contributed by atoms with Crippen molar-refractivity contribution in [2.24, 2.45) is 17.6 Å². The van der Waals surface area contributed by atoms with Crippen LogP contribution in [0.4, 0.5) is 5.69 Å². The molecule has 7 heteroatoms. The van der Waals surface area contributed by atoms with E-state index < -0.39 is 11.9 Å². The average molecular weight is 336 g/mol. The second-order valence-electron chi connectivity index (χ2n) is 5.60. The fourth-order valence-electron chi connectivity index (χ4n) is 2.64. The van der Waals surface area contributed by atoms with Gasteiger partial charge in [0.05, 0.1) is 11.6 Å². The molecular formula is C16H20N2O4S. The fourth-order valence-corrected chi connectivity index (χ4v) is 3.61. The predicted octanol–water partition coefficient (Wildman–Crippen LogP) is 2.09. The summed E-state index contributed by atoms with van der Waals surface area (Å²) in [5, 5.41) is 11.9. The molecule has 0 aliphatic heterocycles. The second-order valence-corrected chi connectivity index (χ2v) is 6.73. The molecular weight excluding hydrogens is 316 g/mol. The van der Waals surface area contributed by atoms with Gasteiger partial charge < -0.3 is 16.2 Å². The minimum absolute atomic E-state index is 0.142. The van der Waals surface area contributed by atoms with Gasteiger partial charge in [-0.3, -0.25) is 14.4 Å². The quantitative estimate of drug-likeness (QED) is 0.661. The molecule has 124 valence electrons. The number of para-hydroxylation sites is 1. The molecule has 0 bridgehead atoms. The molecule has 0 heterocycles. The third kappa shape index (κ3) is 4.99. The van der Waals surface area contributed by atoms with Gasteiger partial charge in [0.2, 0.25) is 11.8 Å². The van der Waals surface area contributed by atoms with Gasteiger partial charge in [-0.2, -0.15) is 0 Å². The van der Waals surface area contributed by atoms with Crippen LogP contribution >= 0.6 is 11.8 Å². The predicted molar refractivity (Wildman–Crippen MR) is 88.1 cm³/mol. The molecule has 1 aliphatic rings. The van der Waals surface area contributed by atoms with Gasteiger partial charge in [-0.1, -0.05) is 12.1 Å². The van der Waals surface area contributed by atoms with Gasteiger partial charge in [-0.25, -0.2) is 0 Å². The number of benzene rings is 1. The molecule has 23 heavy (non-hydrogen) atoms. The molecule has 2 rings (SSSR count). The number of carboxylic acid groups (broad SMARTS) is 1. The van der Waals surface area contributed by atoms with E-state index in [4.69, 9.17) is 10.8 Å². The molecule has 1 aromatic carbocycles. The van der Waals surface area contributed by atoms with E-state index in [1.807, 2.05) is 18.2 Å². The van der Waals surface area contributed by atoms with E-state index in [2.05, 4.69) is 5.32 Å². The molecule has 6 nitrogen and oxygen atoms in total. The number of hydrogen-bond acceptors (Lipinski definition) is 4. The van der Waals surface area contributed by atoms with Crippen LogP contribution in [0.5, 0.6) is 0 Å². The largest absolute Gasteiger partial charge is 0.481 e. The number of carbonyl (C=O) groups is 3. The molecule has 4 N–H and O–H groups in total. The third-order valence-electron chi connectivity index (χ3n) is 3.90. The van der Waals surface area contributed by atoms with Crippen LogP contribution in [0.1, 0.15) is 25.7 Å². The number of rotatable bonds is 7. The molecule has 2 atom stereocenters. The van der Waals surface area contributed by atoms with Crippen LogP contribution in [0, 0.1) is 11.8 Å². The van der Waals surface area contributed by atoms with Gasteiger partial charge in [0.1, 0.15) is 0 Å². The second kappa shape index (κ2) is 8.01. The Balaban J connectivity index is 1.95. The zero-order chi connectivity index (χ0) is 16.8.